The monoisotopic (exact) mass is 275 g/mol. The summed E-state index contributed by atoms with van der Waals surface area (Å²) in [5.74, 6) is -0.0173. The van der Waals surface area contributed by atoms with E-state index in [0.717, 1.165) is 17.4 Å². The number of nitrogen functional groups attached to an aromatic ring is 1. The van der Waals surface area contributed by atoms with E-state index in [1.165, 1.54) is 12.8 Å². The van der Waals surface area contributed by atoms with Crippen molar-refractivity contribution >= 4 is 34.3 Å². The lowest BCUT2D eigenvalue weighted by Crippen LogP contribution is -2.31. The molecule has 2 aromatic rings. The summed E-state index contributed by atoms with van der Waals surface area (Å²) in [6.45, 7) is 0.745. The summed E-state index contributed by atoms with van der Waals surface area (Å²) < 4.78 is 0.284. The molecule has 1 aliphatic carbocycles. The summed E-state index contributed by atoms with van der Waals surface area (Å²) in [4.78, 5) is 15.3. The Hall–Kier alpha value is -1.62. The number of amides is 1. The molecule has 3 rings (SSSR count). The van der Waals surface area contributed by atoms with Gasteiger partial charge in [0.2, 0.25) is 0 Å². The molecule has 0 radical (unpaired) electrons. The second kappa shape index (κ2) is 4.49. The summed E-state index contributed by atoms with van der Waals surface area (Å²) in [6.07, 6.45) is 6.24. The molecule has 1 amide bonds. The lowest BCUT2D eigenvalue weighted by Gasteiger charge is -2.12. The predicted octanol–water partition coefficient (Wildman–Crippen LogP) is 2.38. The van der Waals surface area contributed by atoms with Crippen molar-refractivity contribution in [1.29, 1.82) is 0 Å². The Balaban J connectivity index is 1.78. The van der Waals surface area contributed by atoms with Gasteiger partial charge >= 0.3 is 0 Å². The first-order chi connectivity index (χ1) is 9.13. The summed E-state index contributed by atoms with van der Waals surface area (Å²) in [6, 6.07) is 5.55. The average molecular weight is 275 g/mol. The van der Waals surface area contributed by atoms with E-state index < -0.39 is 0 Å². The number of thioether (sulfide) groups is 1. The van der Waals surface area contributed by atoms with Gasteiger partial charge in [0.25, 0.3) is 5.91 Å². The molecule has 1 aliphatic rings. The van der Waals surface area contributed by atoms with E-state index in [1.54, 1.807) is 6.20 Å². The number of hydrogen-bond acceptors (Lipinski definition) is 3. The van der Waals surface area contributed by atoms with Crippen molar-refractivity contribution in [2.45, 2.75) is 17.6 Å². The van der Waals surface area contributed by atoms with Gasteiger partial charge in [-0.3, -0.25) is 4.79 Å². The first kappa shape index (κ1) is 12.4. The summed E-state index contributed by atoms with van der Waals surface area (Å²) in [5, 5.41) is 3.95. The smallest absolute Gasteiger partial charge is 0.253 e. The third-order valence-corrected chi connectivity index (χ3v) is 5.18. The topological polar surface area (TPSA) is 70.9 Å². The maximum atomic E-state index is 12.2. The van der Waals surface area contributed by atoms with Crippen LogP contribution in [0.4, 0.5) is 5.69 Å². The van der Waals surface area contributed by atoms with E-state index >= 15 is 0 Å². The van der Waals surface area contributed by atoms with E-state index in [4.69, 9.17) is 5.73 Å². The number of benzene rings is 1. The number of carbonyl (C=O) groups excluding carboxylic acids is 1. The molecule has 4 nitrogen and oxygen atoms in total. The number of aromatic amines is 1. The van der Waals surface area contributed by atoms with Crippen LogP contribution in [0.25, 0.3) is 10.9 Å². The van der Waals surface area contributed by atoms with Gasteiger partial charge < -0.3 is 16.0 Å². The van der Waals surface area contributed by atoms with Crippen molar-refractivity contribution in [2.75, 3.05) is 18.5 Å². The number of rotatable bonds is 4. The van der Waals surface area contributed by atoms with Gasteiger partial charge in [0, 0.05) is 34.1 Å². The van der Waals surface area contributed by atoms with Crippen LogP contribution >= 0.6 is 11.8 Å². The third-order valence-electron chi connectivity index (χ3n) is 3.76. The van der Waals surface area contributed by atoms with Gasteiger partial charge in [-0.05, 0) is 37.3 Å². The van der Waals surface area contributed by atoms with Crippen LogP contribution in [0.2, 0.25) is 0 Å². The molecule has 1 aromatic carbocycles. The molecular weight excluding hydrogens is 258 g/mol. The molecule has 0 bridgehead atoms. The standard InChI is InChI=1S/C14H17N3OS/c1-19-14(4-5-14)8-17-13(18)11-7-16-12-6-9(15)2-3-10(11)12/h2-3,6-7,16H,4-5,8,15H2,1H3,(H,17,18). The van der Waals surface area contributed by atoms with Crippen LogP contribution < -0.4 is 11.1 Å². The minimum Gasteiger partial charge on any atom is -0.399 e. The Kier molecular flexibility index (Phi) is 2.93. The molecule has 100 valence electrons. The maximum Gasteiger partial charge on any atom is 0.253 e. The number of aromatic nitrogens is 1. The highest BCUT2D eigenvalue weighted by atomic mass is 32.2. The van der Waals surface area contributed by atoms with Crippen molar-refractivity contribution in [2.24, 2.45) is 0 Å². The summed E-state index contributed by atoms with van der Waals surface area (Å²) >= 11 is 1.84. The number of nitrogens with two attached hydrogens (primary N) is 1. The lowest BCUT2D eigenvalue weighted by molar-refractivity contribution is 0.0954. The zero-order chi connectivity index (χ0) is 13.5. The van der Waals surface area contributed by atoms with E-state index in [0.29, 0.717) is 11.3 Å². The van der Waals surface area contributed by atoms with Crippen molar-refractivity contribution in [1.82, 2.24) is 10.3 Å². The number of nitrogens with one attached hydrogen (secondary N) is 2. The highest BCUT2D eigenvalue weighted by Crippen LogP contribution is 2.46. The first-order valence-electron chi connectivity index (χ1n) is 6.33. The third kappa shape index (κ3) is 2.30. The number of hydrogen-bond donors (Lipinski definition) is 3. The van der Waals surface area contributed by atoms with Crippen LogP contribution in [-0.4, -0.2) is 28.4 Å². The minimum atomic E-state index is -0.0173. The van der Waals surface area contributed by atoms with Gasteiger partial charge in [-0.25, -0.2) is 0 Å². The van der Waals surface area contributed by atoms with Crippen LogP contribution in [0.1, 0.15) is 23.2 Å². The summed E-state index contributed by atoms with van der Waals surface area (Å²) in [5.41, 5.74) is 8.01. The van der Waals surface area contributed by atoms with E-state index in [1.807, 2.05) is 30.0 Å². The Bertz CT molecular complexity index is 631. The molecule has 5 heteroatoms. The second-order valence-electron chi connectivity index (χ2n) is 5.08. The Morgan fingerprint density at radius 3 is 3.00 bits per heavy atom. The zero-order valence-corrected chi connectivity index (χ0v) is 11.6. The van der Waals surface area contributed by atoms with Gasteiger partial charge in [0.05, 0.1) is 5.56 Å². The minimum absolute atomic E-state index is 0.0173. The van der Waals surface area contributed by atoms with Crippen molar-refractivity contribution in [3.05, 3.63) is 30.0 Å². The van der Waals surface area contributed by atoms with Crippen LogP contribution in [0.15, 0.2) is 24.4 Å². The molecule has 1 heterocycles. The molecule has 1 saturated carbocycles. The molecular formula is C14H17N3OS. The SMILES string of the molecule is CSC1(CNC(=O)c2c[nH]c3cc(N)ccc23)CC1. The molecule has 0 atom stereocenters. The van der Waals surface area contributed by atoms with Crippen LogP contribution in [-0.2, 0) is 0 Å². The van der Waals surface area contributed by atoms with E-state index in [2.05, 4.69) is 16.6 Å². The highest BCUT2D eigenvalue weighted by Gasteiger charge is 2.42. The molecule has 1 fully saturated rings. The van der Waals surface area contributed by atoms with Crippen molar-refractivity contribution in [3.8, 4) is 0 Å². The molecule has 0 unspecified atom stereocenters. The largest absolute Gasteiger partial charge is 0.399 e. The molecule has 1 aromatic heterocycles. The lowest BCUT2D eigenvalue weighted by atomic mass is 10.1. The zero-order valence-electron chi connectivity index (χ0n) is 10.8. The molecule has 0 spiro atoms. The first-order valence-corrected chi connectivity index (χ1v) is 7.56. The Labute approximate surface area is 116 Å². The van der Waals surface area contributed by atoms with E-state index in [-0.39, 0.29) is 10.7 Å². The number of fused-ring (bicyclic) bond motifs is 1. The van der Waals surface area contributed by atoms with Gasteiger partial charge in [-0.15, -0.1) is 0 Å². The fraction of sp³-hybridized carbons (Fsp3) is 0.357. The van der Waals surface area contributed by atoms with Crippen LogP contribution in [0.3, 0.4) is 0 Å². The van der Waals surface area contributed by atoms with Crippen LogP contribution in [0.5, 0.6) is 0 Å². The Morgan fingerprint density at radius 2 is 2.32 bits per heavy atom. The van der Waals surface area contributed by atoms with Crippen LogP contribution in [0, 0.1) is 0 Å². The molecule has 4 N–H and O–H groups in total. The number of anilines is 1. The molecule has 0 saturated heterocycles. The molecule has 19 heavy (non-hydrogen) atoms. The van der Waals surface area contributed by atoms with Crippen molar-refractivity contribution < 1.29 is 4.79 Å². The van der Waals surface area contributed by atoms with Crippen molar-refractivity contribution in [3.63, 3.8) is 0 Å². The van der Waals surface area contributed by atoms with Gasteiger partial charge in [-0.1, -0.05) is 0 Å². The number of H-pyrrole nitrogens is 1. The maximum absolute atomic E-state index is 12.2. The highest BCUT2D eigenvalue weighted by molar-refractivity contribution is 8.00. The second-order valence-corrected chi connectivity index (χ2v) is 6.35. The quantitative estimate of drug-likeness (QED) is 0.750. The Morgan fingerprint density at radius 1 is 1.53 bits per heavy atom. The molecule has 0 aliphatic heterocycles. The van der Waals surface area contributed by atoms with E-state index in [9.17, 15) is 4.79 Å². The van der Waals surface area contributed by atoms with Gasteiger partial charge in [-0.2, -0.15) is 11.8 Å². The van der Waals surface area contributed by atoms with Gasteiger partial charge in [0.1, 0.15) is 0 Å². The normalized spacial score (nSPS) is 16.5. The summed E-state index contributed by atoms with van der Waals surface area (Å²) in [7, 11) is 0. The fourth-order valence-corrected chi connectivity index (χ4v) is 2.99. The predicted molar refractivity (Wildman–Crippen MR) is 80.5 cm³/mol. The van der Waals surface area contributed by atoms with Gasteiger partial charge in [0.15, 0.2) is 0 Å². The number of carbonyl (C=O) groups is 1. The fourth-order valence-electron chi connectivity index (χ4n) is 2.26. The average Bonchev–Trinajstić information content (AvgIpc) is 3.08.